The number of rotatable bonds is 9. The molecule has 6 nitrogen and oxygen atoms in total. The Hall–Kier alpha value is -1.79. The molecule has 0 unspecified atom stereocenters. The molecule has 1 aliphatic heterocycles. The topological polar surface area (TPSA) is 70.7 Å². The first-order chi connectivity index (χ1) is 13.0. The van der Waals surface area contributed by atoms with Crippen molar-refractivity contribution >= 4 is 29.1 Å². The van der Waals surface area contributed by atoms with Gasteiger partial charge in [0.1, 0.15) is 5.75 Å². The molecule has 0 saturated carbocycles. The van der Waals surface area contributed by atoms with Gasteiger partial charge in [0, 0.05) is 25.2 Å². The van der Waals surface area contributed by atoms with Crippen LogP contribution in [-0.4, -0.2) is 49.5 Å². The average molecular weight is 396 g/mol. The van der Waals surface area contributed by atoms with E-state index >= 15 is 0 Å². The van der Waals surface area contributed by atoms with Crippen molar-refractivity contribution < 1.29 is 14.3 Å². The number of nitrogens with one attached hydrogen (secondary N) is 2. The molecule has 1 fully saturated rings. The zero-order valence-electron chi connectivity index (χ0n) is 16.2. The standard InChI is InChI=1S/C20H30ClN3O3/c1-3-24(4-2)20(26)14-27-18-7-6-16(13-17(18)21)23-19(25)8-5-15-9-11-22-12-10-15/h6-7,13,15,22H,3-5,8-12,14H2,1-2H3,(H,23,25). The van der Waals surface area contributed by atoms with Crippen molar-refractivity contribution in [3.63, 3.8) is 0 Å². The molecular weight excluding hydrogens is 366 g/mol. The second-order valence-electron chi connectivity index (χ2n) is 6.78. The Balaban J connectivity index is 1.80. The molecule has 150 valence electrons. The van der Waals surface area contributed by atoms with Crippen LogP contribution in [0.2, 0.25) is 5.02 Å². The number of amides is 2. The van der Waals surface area contributed by atoms with Gasteiger partial charge in [-0.2, -0.15) is 0 Å². The van der Waals surface area contributed by atoms with Crippen LogP contribution in [0, 0.1) is 5.92 Å². The van der Waals surface area contributed by atoms with Crippen molar-refractivity contribution in [3.05, 3.63) is 23.2 Å². The van der Waals surface area contributed by atoms with Crippen LogP contribution in [0.4, 0.5) is 5.69 Å². The molecule has 0 aliphatic carbocycles. The predicted octanol–water partition coefficient (Wildman–Crippen LogP) is 3.31. The summed E-state index contributed by atoms with van der Waals surface area (Å²) >= 11 is 6.23. The molecule has 0 bridgehead atoms. The van der Waals surface area contributed by atoms with E-state index in [1.807, 2.05) is 13.8 Å². The number of hydrogen-bond donors (Lipinski definition) is 2. The van der Waals surface area contributed by atoms with E-state index in [-0.39, 0.29) is 18.4 Å². The first-order valence-corrected chi connectivity index (χ1v) is 10.1. The van der Waals surface area contributed by atoms with Crippen LogP contribution in [-0.2, 0) is 9.59 Å². The van der Waals surface area contributed by atoms with Crippen molar-refractivity contribution in [1.29, 1.82) is 0 Å². The number of nitrogens with zero attached hydrogens (tertiary/aromatic N) is 1. The number of carbonyl (C=O) groups is 2. The van der Waals surface area contributed by atoms with Crippen molar-refractivity contribution in [1.82, 2.24) is 10.2 Å². The van der Waals surface area contributed by atoms with Gasteiger partial charge in [0.2, 0.25) is 5.91 Å². The van der Waals surface area contributed by atoms with E-state index in [9.17, 15) is 9.59 Å². The first kappa shape index (κ1) is 21.5. The Bertz CT molecular complexity index is 629. The third-order valence-electron chi connectivity index (χ3n) is 4.92. The maximum Gasteiger partial charge on any atom is 0.260 e. The van der Waals surface area contributed by atoms with E-state index in [1.54, 1.807) is 23.1 Å². The van der Waals surface area contributed by atoms with Crippen molar-refractivity contribution in [3.8, 4) is 5.75 Å². The lowest BCUT2D eigenvalue weighted by Gasteiger charge is -2.22. The van der Waals surface area contributed by atoms with Gasteiger partial charge in [-0.25, -0.2) is 0 Å². The normalized spacial score (nSPS) is 14.6. The molecule has 0 aromatic heterocycles. The van der Waals surface area contributed by atoms with Gasteiger partial charge < -0.3 is 20.3 Å². The summed E-state index contributed by atoms with van der Waals surface area (Å²) in [5.74, 6) is 0.978. The lowest BCUT2D eigenvalue weighted by Crippen LogP contribution is -2.34. The minimum absolute atomic E-state index is 0.00465. The number of anilines is 1. The molecule has 1 heterocycles. The van der Waals surface area contributed by atoms with Crippen LogP contribution in [0.3, 0.4) is 0 Å². The number of hydrogen-bond acceptors (Lipinski definition) is 4. The summed E-state index contributed by atoms with van der Waals surface area (Å²) in [5, 5.41) is 6.59. The Morgan fingerprint density at radius 1 is 1.26 bits per heavy atom. The Morgan fingerprint density at radius 3 is 2.59 bits per heavy atom. The average Bonchev–Trinajstić information content (AvgIpc) is 2.67. The summed E-state index contributed by atoms with van der Waals surface area (Å²) in [6.07, 6.45) is 3.70. The predicted molar refractivity (Wildman–Crippen MR) is 108 cm³/mol. The molecule has 0 spiro atoms. The van der Waals surface area contributed by atoms with Crippen LogP contribution in [0.1, 0.15) is 39.5 Å². The summed E-state index contributed by atoms with van der Waals surface area (Å²) in [6.45, 7) is 7.18. The van der Waals surface area contributed by atoms with Crippen molar-refractivity contribution in [2.75, 3.05) is 38.1 Å². The lowest BCUT2D eigenvalue weighted by atomic mass is 9.93. The molecule has 1 aromatic rings. The third kappa shape index (κ3) is 7.03. The highest BCUT2D eigenvalue weighted by Gasteiger charge is 2.15. The summed E-state index contributed by atoms with van der Waals surface area (Å²) in [4.78, 5) is 25.9. The van der Waals surface area contributed by atoms with E-state index in [1.165, 1.54) is 0 Å². The summed E-state index contributed by atoms with van der Waals surface area (Å²) < 4.78 is 5.53. The molecule has 1 saturated heterocycles. The monoisotopic (exact) mass is 395 g/mol. The van der Waals surface area contributed by atoms with Gasteiger partial charge in [-0.1, -0.05) is 11.6 Å². The van der Waals surface area contributed by atoms with Gasteiger partial charge in [0.05, 0.1) is 5.02 Å². The van der Waals surface area contributed by atoms with Gasteiger partial charge in [0.25, 0.3) is 5.91 Å². The van der Waals surface area contributed by atoms with Gasteiger partial charge in [-0.3, -0.25) is 9.59 Å². The second kappa shape index (κ2) is 11.1. The highest BCUT2D eigenvalue weighted by Crippen LogP contribution is 2.28. The summed E-state index contributed by atoms with van der Waals surface area (Å²) in [5.41, 5.74) is 0.637. The molecular formula is C20H30ClN3O3. The van der Waals surface area contributed by atoms with Gasteiger partial charge in [-0.15, -0.1) is 0 Å². The number of carbonyl (C=O) groups excluding carboxylic acids is 2. The molecule has 7 heteroatoms. The molecule has 1 aromatic carbocycles. The number of halogens is 1. The Labute approximate surface area is 166 Å². The minimum Gasteiger partial charge on any atom is -0.482 e. The third-order valence-corrected chi connectivity index (χ3v) is 5.22. The molecule has 2 N–H and O–H groups in total. The highest BCUT2D eigenvalue weighted by atomic mass is 35.5. The van der Waals surface area contributed by atoms with Crippen LogP contribution in [0.25, 0.3) is 0 Å². The zero-order valence-corrected chi connectivity index (χ0v) is 17.0. The largest absolute Gasteiger partial charge is 0.482 e. The summed E-state index contributed by atoms with van der Waals surface area (Å²) in [7, 11) is 0. The van der Waals surface area contributed by atoms with E-state index in [0.29, 0.717) is 41.9 Å². The van der Waals surface area contributed by atoms with E-state index < -0.39 is 0 Å². The smallest absolute Gasteiger partial charge is 0.260 e. The number of benzene rings is 1. The van der Waals surface area contributed by atoms with Gasteiger partial charge in [-0.05, 0) is 70.3 Å². The first-order valence-electron chi connectivity index (χ1n) is 9.74. The second-order valence-corrected chi connectivity index (χ2v) is 7.19. The molecule has 2 rings (SSSR count). The fourth-order valence-corrected chi connectivity index (χ4v) is 3.47. The van der Waals surface area contributed by atoms with Crippen molar-refractivity contribution in [2.45, 2.75) is 39.5 Å². The fraction of sp³-hybridized carbons (Fsp3) is 0.600. The zero-order chi connectivity index (χ0) is 19.6. The van der Waals surface area contributed by atoms with Crippen molar-refractivity contribution in [2.24, 2.45) is 5.92 Å². The molecule has 2 amide bonds. The van der Waals surface area contributed by atoms with Gasteiger partial charge >= 0.3 is 0 Å². The Kier molecular flexibility index (Phi) is 8.88. The maximum absolute atomic E-state index is 12.2. The van der Waals surface area contributed by atoms with E-state index in [4.69, 9.17) is 16.3 Å². The van der Waals surface area contributed by atoms with Gasteiger partial charge in [0.15, 0.2) is 6.61 Å². The number of ether oxygens (including phenoxy) is 1. The number of piperidine rings is 1. The quantitative estimate of drug-likeness (QED) is 0.673. The molecule has 1 aliphatic rings. The Morgan fingerprint density at radius 2 is 1.96 bits per heavy atom. The lowest BCUT2D eigenvalue weighted by molar-refractivity contribution is -0.133. The summed E-state index contributed by atoms with van der Waals surface area (Å²) in [6, 6.07) is 5.08. The minimum atomic E-state index is -0.0774. The van der Waals surface area contributed by atoms with Crippen LogP contribution >= 0.6 is 11.6 Å². The molecule has 0 atom stereocenters. The SMILES string of the molecule is CCN(CC)C(=O)COc1ccc(NC(=O)CCC2CCNCC2)cc1Cl. The molecule has 0 radical (unpaired) electrons. The van der Waals surface area contributed by atoms with Crippen LogP contribution in [0.15, 0.2) is 18.2 Å². The number of likely N-dealkylation sites (N-methyl/N-ethyl adjacent to an activating group) is 1. The molecule has 27 heavy (non-hydrogen) atoms. The van der Waals surface area contributed by atoms with Crippen LogP contribution < -0.4 is 15.4 Å². The van der Waals surface area contributed by atoms with E-state index in [0.717, 1.165) is 32.4 Å². The van der Waals surface area contributed by atoms with E-state index in [2.05, 4.69) is 10.6 Å². The highest BCUT2D eigenvalue weighted by molar-refractivity contribution is 6.32. The fourth-order valence-electron chi connectivity index (χ4n) is 3.23. The maximum atomic E-state index is 12.2. The van der Waals surface area contributed by atoms with Crippen LogP contribution in [0.5, 0.6) is 5.75 Å².